The molecule has 0 aromatic rings. The molecule has 1 aliphatic rings. The molecule has 0 radical (unpaired) electrons. The van der Waals surface area contributed by atoms with Gasteiger partial charge in [-0.15, -0.1) is 0 Å². The zero-order valence-electron chi connectivity index (χ0n) is 9.16. The van der Waals surface area contributed by atoms with Gasteiger partial charge >= 0.3 is 0 Å². The van der Waals surface area contributed by atoms with Crippen LogP contribution in [0.25, 0.3) is 0 Å². The molecule has 1 rings (SSSR count). The first-order valence-electron chi connectivity index (χ1n) is 5.41. The van der Waals surface area contributed by atoms with Gasteiger partial charge in [0, 0.05) is 19.7 Å². The van der Waals surface area contributed by atoms with Crippen molar-refractivity contribution in [2.75, 3.05) is 26.8 Å². The Morgan fingerprint density at radius 2 is 2.33 bits per heavy atom. The van der Waals surface area contributed by atoms with Gasteiger partial charge in [-0.05, 0) is 19.3 Å². The Morgan fingerprint density at radius 1 is 1.53 bits per heavy atom. The van der Waals surface area contributed by atoms with Crippen molar-refractivity contribution in [3.8, 4) is 0 Å². The van der Waals surface area contributed by atoms with Gasteiger partial charge in [0.1, 0.15) is 0 Å². The number of carbonyl (C=O) groups excluding carboxylic acids is 1. The maximum absolute atomic E-state index is 11.3. The molecule has 0 aromatic carbocycles. The highest BCUT2D eigenvalue weighted by atomic mass is 16.5. The van der Waals surface area contributed by atoms with Crippen molar-refractivity contribution in [1.82, 2.24) is 10.6 Å². The molecule has 0 saturated heterocycles. The van der Waals surface area contributed by atoms with Crippen LogP contribution in [0.2, 0.25) is 0 Å². The molecule has 1 fully saturated rings. The number of ether oxygens (including phenoxy) is 1. The Balaban J connectivity index is 2.05. The highest BCUT2D eigenvalue weighted by molar-refractivity contribution is 5.77. The molecular formula is C10H20N2O3. The lowest BCUT2D eigenvalue weighted by Crippen LogP contribution is -2.43. The van der Waals surface area contributed by atoms with Crippen molar-refractivity contribution >= 4 is 5.91 Å². The summed E-state index contributed by atoms with van der Waals surface area (Å²) in [7, 11) is 1.60. The van der Waals surface area contributed by atoms with Crippen LogP contribution in [-0.2, 0) is 9.53 Å². The molecule has 2 atom stereocenters. The number of methoxy groups -OCH3 is 1. The van der Waals surface area contributed by atoms with Crippen molar-refractivity contribution in [3.05, 3.63) is 0 Å². The summed E-state index contributed by atoms with van der Waals surface area (Å²) < 4.78 is 4.81. The Labute approximate surface area is 90.2 Å². The lowest BCUT2D eigenvalue weighted by Gasteiger charge is -2.15. The molecular weight excluding hydrogens is 196 g/mol. The van der Waals surface area contributed by atoms with Crippen LogP contribution in [0, 0.1) is 0 Å². The largest absolute Gasteiger partial charge is 0.392 e. The third kappa shape index (κ3) is 4.59. The van der Waals surface area contributed by atoms with Crippen molar-refractivity contribution < 1.29 is 14.6 Å². The molecule has 3 N–H and O–H groups in total. The second-order valence-corrected chi connectivity index (χ2v) is 3.83. The molecule has 5 nitrogen and oxygen atoms in total. The topological polar surface area (TPSA) is 70.6 Å². The molecule has 1 saturated carbocycles. The molecule has 88 valence electrons. The van der Waals surface area contributed by atoms with E-state index in [1.807, 2.05) is 0 Å². The molecule has 1 amide bonds. The highest BCUT2D eigenvalue weighted by Crippen LogP contribution is 2.18. The summed E-state index contributed by atoms with van der Waals surface area (Å²) in [5, 5.41) is 15.3. The Kier molecular flexibility index (Phi) is 5.60. The lowest BCUT2D eigenvalue weighted by molar-refractivity contribution is -0.120. The third-order valence-corrected chi connectivity index (χ3v) is 2.63. The summed E-state index contributed by atoms with van der Waals surface area (Å²) in [6.45, 7) is 1.33. The van der Waals surface area contributed by atoms with E-state index in [-0.39, 0.29) is 24.6 Å². The number of hydrogen-bond donors (Lipinski definition) is 3. The summed E-state index contributed by atoms with van der Waals surface area (Å²) in [5.41, 5.74) is 0. The van der Waals surface area contributed by atoms with Gasteiger partial charge in [0.25, 0.3) is 0 Å². The maximum Gasteiger partial charge on any atom is 0.234 e. The van der Waals surface area contributed by atoms with Gasteiger partial charge in [-0.2, -0.15) is 0 Å². The van der Waals surface area contributed by atoms with Crippen LogP contribution in [0.4, 0.5) is 0 Å². The fourth-order valence-electron chi connectivity index (χ4n) is 1.76. The Morgan fingerprint density at radius 3 is 2.93 bits per heavy atom. The summed E-state index contributed by atoms with van der Waals surface area (Å²) in [4.78, 5) is 11.3. The molecule has 0 aromatic heterocycles. The minimum atomic E-state index is -0.295. The Bertz CT molecular complexity index is 199. The average Bonchev–Trinajstić information content (AvgIpc) is 2.61. The van der Waals surface area contributed by atoms with Crippen LogP contribution < -0.4 is 10.6 Å². The Hall–Kier alpha value is -0.650. The van der Waals surface area contributed by atoms with Crippen LogP contribution >= 0.6 is 0 Å². The average molecular weight is 216 g/mol. The third-order valence-electron chi connectivity index (χ3n) is 2.63. The second-order valence-electron chi connectivity index (χ2n) is 3.83. The summed E-state index contributed by atoms with van der Waals surface area (Å²) in [6, 6.07) is 0.0816. The van der Waals surface area contributed by atoms with Crippen LogP contribution in [-0.4, -0.2) is 50.0 Å². The van der Waals surface area contributed by atoms with E-state index in [2.05, 4.69) is 10.6 Å². The van der Waals surface area contributed by atoms with E-state index in [0.717, 1.165) is 19.3 Å². The predicted molar refractivity (Wildman–Crippen MR) is 56.5 cm³/mol. The van der Waals surface area contributed by atoms with Gasteiger partial charge < -0.3 is 20.5 Å². The van der Waals surface area contributed by atoms with Crippen molar-refractivity contribution in [3.63, 3.8) is 0 Å². The number of hydrogen-bond acceptors (Lipinski definition) is 4. The summed E-state index contributed by atoms with van der Waals surface area (Å²) in [6.07, 6.45) is 2.52. The fourth-order valence-corrected chi connectivity index (χ4v) is 1.76. The molecule has 5 heteroatoms. The number of carbonyl (C=O) groups is 1. The summed E-state index contributed by atoms with van der Waals surface area (Å²) in [5.74, 6) is -0.0499. The summed E-state index contributed by atoms with van der Waals surface area (Å²) >= 11 is 0. The van der Waals surface area contributed by atoms with E-state index in [1.54, 1.807) is 7.11 Å². The second kappa shape index (κ2) is 6.76. The van der Waals surface area contributed by atoms with Crippen LogP contribution in [0.1, 0.15) is 19.3 Å². The van der Waals surface area contributed by atoms with Gasteiger partial charge in [0.05, 0.1) is 19.3 Å². The number of nitrogens with one attached hydrogen (secondary N) is 2. The van der Waals surface area contributed by atoms with Crippen molar-refractivity contribution in [1.29, 1.82) is 0 Å². The number of amides is 1. The lowest BCUT2D eigenvalue weighted by atomic mass is 10.2. The highest BCUT2D eigenvalue weighted by Gasteiger charge is 2.24. The molecule has 1 aliphatic carbocycles. The molecule has 0 unspecified atom stereocenters. The van der Waals surface area contributed by atoms with Crippen molar-refractivity contribution in [2.45, 2.75) is 31.4 Å². The minimum absolute atomic E-state index is 0.0499. The molecule has 0 heterocycles. The van der Waals surface area contributed by atoms with Crippen LogP contribution in [0.5, 0.6) is 0 Å². The molecule has 15 heavy (non-hydrogen) atoms. The van der Waals surface area contributed by atoms with E-state index in [4.69, 9.17) is 4.74 Å². The van der Waals surface area contributed by atoms with Crippen LogP contribution in [0.15, 0.2) is 0 Å². The normalized spacial score (nSPS) is 25.5. The predicted octanol–water partition coefficient (Wildman–Crippen LogP) is -0.748. The standard InChI is InChI=1S/C10H20N2O3/c1-15-6-5-11-10(14)7-12-8-3-2-4-9(8)13/h8-9,12-13H,2-7H2,1H3,(H,11,14)/t8-,9-/m1/s1. The monoisotopic (exact) mass is 216 g/mol. The van der Waals surface area contributed by atoms with E-state index >= 15 is 0 Å². The van der Waals surface area contributed by atoms with Crippen molar-refractivity contribution in [2.24, 2.45) is 0 Å². The van der Waals surface area contributed by atoms with E-state index < -0.39 is 0 Å². The van der Waals surface area contributed by atoms with Gasteiger partial charge in [0.15, 0.2) is 0 Å². The van der Waals surface area contributed by atoms with Gasteiger partial charge in [-0.1, -0.05) is 0 Å². The first kappa shape index (κ1) is 12.4. The van der Waals surface area contributed by atoms with Gasteiger partial charge in [-0.25, -0.2) is 0 Å². The van der Waals surface area contributed by atoms with Crippen LogP contribution in [0.3, 0.4) is 0 Å². The maximum atomic E-state index is 11.3. The zero-order valence-corrected chi connectivity index (χ0v) is 9.16. The van der Waals surface area contributed by atoms with Gasteiger partial charge in [0.2, 0.25) is 5.91 Å². The first-order valence-corrected chi connectivity index (χ1v) is 5.41. The first-order chi connectivity index (χ1) is 7.24. The fraction of sp³-hybridized carbons (Fsp3) is 0.900. The number of aliphatic hydroxyl groups excluding tert-OH is 1. The van der Waals surface area contributed by atoms with E-state index in [0.29, 0.717) is 13.2 Å². The molecule has 0 aliphatic heterocycles. The molecule has 0 bridgehead atoms. The minimum Gasteiger partial charge on any atom is -0.392 e. The van der Waals surface area contributed by atoms with E-state index in [1.165, 1.54) is 0 Å². The number of aliphatic hydroxyl groups is 1. The van der Waals surface area contributed by atoms with Gasteiger partial charge in [-0.3, -0.25) is 4.79 Å². The SMILES string of the molecule is COCCNC(=O)CN[C@@H]1CCC[C@H]1O. The molecule has 0 spiro atoms. The number of rotatable bonds is 6. The quantitative estimate of drug-likeness (QED) is 0.511. The van der Waals surface area contributed by atoms with E-state index in [9.17, 15) is 9.90 Å². The zero-order chi connectivity index (χ0) is 11.1. The smallest absolute Gasteiger partial charge is 0.234 e.